The Balaban J connectivity index is 1.56. The zero-order chi connectivity index (χ0) is 21.1. The number of thiophene rings is 1. The van der Waals surface area contributed by atoms with Gasteiger partial charge in [-0.15, -0.1) is 11.3 Å². The summed E-state index contributed by atoms with van der Waals surface area (Å²) in [5, 5.41) is 2.90. The Morgan fingerprint density at radius 1 is 1.13 bits per heavy atom. The lowest BCUT2D eigenvalue weighted by Crippen LogP contribution is -2.27. The number of fused-ring (bicyclic) bond motifs is 1. The summed E-state index contributed by atoms with van der Waals surface area (Å²) in [7, 11) is 0. The number of anilines is 1. The van der Waals surface area contributed by atoms with Crippen LogP contribution in [0.25, 0.3) is 20.7 Å². The molecule has 30 heavy (non-hydrogen) atoms. The number of rotatable bonds is 6. The number of para-hydroxylation sites is 2. The van der Waals surface area contributed by atoms with Crippen molar-refractivity contribution in [3.8, 4) is 16.2 Å². The first-order chi connectivity index (χ1) is 14.5. The molecular formula is C21H15F2N3O3S. The van der Waals surface area contributed by atoms with E-state index in [0.29, 0.717) is 10.2 Å². The van der Waals surface area contributed by atoms with Gasteiger partial charge in [-0.3, -0.25) is 14.2 Å². The van der Waals surface area contributed by atoms with E-state index in [-0.39, 0.29) is 23.5 Å². The average molecular weight is 427 g/mol. The van der Waals surface area contributed by atoms with Gasteiger partial charge in [0.05, 0.1) is 17.4 Å². The van der Waals surface area contributed by atoms with Crippen LogP contribution in [0.15, 0.2) is 71.8 Å². The number of ether oxygens (including phenoxy) is 1. The Hall–Kier alpha value is -3.59. The Labute approximate surface area is 173 Å². The van der Waals surface area contributed by atoms with E-state index < -0.39 is 12.5 Å². The Morgan fingerprint density at radius 2 is 1.87 bits per heavy atom. The van der Waals surface area contributed by atoms with Gasteiger partial charge in [-0.25, -0.2) is 4.98 Å². The molecule has 0 unspecified atom stereocenters. The second kappa shape index (κ2) is 8.42. The highest BCUT2D eigenvalue weighted by molar-refractivity contribution is 7.21. The number of aromatic nitrogens is 2. The van der Waals surface area contributed by atoms with Crippen LogP contribution in [0.1, 0.15) is 0 Å². The monoisotopic (exact) mass is 427 g/mol. The molecule has 0 spiro atoms. The number of carbonyl (C=O) groups excluding carboxylic acids is 1. The van der Waals surface area contributed by atoms with E-state index in [9.17, 15) is 18.4 Å². The summed E-state index contributed by atoms with van der Waals surface area (Å²) >= 11 is 1.39. The maximum Gasteiger partial charge on any atom is 0.387 e. The van der Waals surface area contributed by atoms with Gasteiger partial charge in [-0.1, -0.05) is 42.5 Å². The summed E-state index contributed by atoms with van der Waals surface area (Å²) < 4.78 is 30.6. The minimum absolute atomic E-state index is 0.0896. The normalized spacial score (nSPS) is 11.0. The van der Waals surface area contributed by atoms with Crippen molar-refractivity contribution in [2.75, 3.05) is 5.32 Å². The molecule has 4 aromatic rings. The lowest BCUT2D eigenvalue weighted by molar-refractivity contribution is -0.116. The molecule has 152 valence electrons. The molecule has 0 aliphatic heterocycles. The van der Waals surface area contributed by atoms with Gasteiger partial charge in [-0.05, 0) is 23.8 Å². The molecular weight excluding hydrogens is 412 g/mol. The van der Waals surface area contributed by atoms with Crippen molar-refractivity contribution < 1.29 is 18.3 Å². The molecule has 1 N–H and O–H groups in total. The highest BCUT2D eigenvalue weighted by atomic mass is 32.1. The van der Waals surface area contributed by atoms with Crippen molar-refractivity contribution in [1.82, 2.24) is 9.55 Å². The van der Waals surface area contributed by atoms with Crippen LogP contribution in [0.4, 0.5) is 14.5 Å². The third-order valence-corrected chi connectivity index (χ3v) is 5.36. The van der Waals surface area contributed by atoms with Gasteiger partial charge in [0.25, 0.3) is 5.56 Å². The average Bonchev–Trinajstić information content (AvgIpc) is 3.17. The van der Waals surface area contributed by atoms with Gasteiger partial charge in [-0.2, -0.15) is 8.78 Å². The lowest BCUT2D eigenvalue weighted by atomic mass is 10.2. The highest BCUT2D eigenvalue weighted by Gasteiger charge is 2.14. The first-order valence-electron chi connectivity index (χ1n) is 8.89. The van der Waals surface area contributed by atoms with E-state index in [4.69, 9.17) is 0 Å². The molecule has 0 radical (unpaired) electrons. The van der Waals surface area contributed by atoms with Crippen molar-refractivity contribution in [2.24, 2.45) is 0 Å². The largest absolute Gasteiger partial charge is 0.433 e. The van der Waals surface area contributed by atoms with Crippen LogP contribution in [-0.4, -0.2) is 22.1 Å². The quantitative estimate of drug-likeness (QED) is 0.496. The van der Waals surface area contributed by atoms with Crippen LogP contribution in [0, 0.1) is 0 Å². The Morgan fingerprint density at radius 3 is 2.63 bits per heavy atom. The van der Waals surface area contributed by atoms with Gasteiger partial charge in [0.1, 0.15) is 17.1 Å². The minimum atomic E-state index is -3.02. The van der Waals surface area contributed by atoms with Gasteiger partial charge < -0.3 is 10.1 Å². The topological polar surface area (TPSA) is 73.2 Å². The fraction of sp³-hybridized carbons (Fsp3) is 0.0952. The van der Waals surface area contributed by atoms with E-state index in [1.165, 1.54) is 40.4 Å². The molecule has 0 fully saturated rings. The van der Waals surface area contributed by atoms with Crippen LogP contribution in [0.2, 0.25) is 0 Å². The molecule has 0 atom stereocenters. The van der Waals surface area contributed by atoms with Crippen molar-refractivity contribution in [3.63, 3.8) is 0 Å². The molecule has 0 saturated carbocycles. The summed E-state index contributed by atoms with van der Waals surface area (Å²) in [6.45, 7) is -3.34. The summed E-state index contributed by atoms with van der Waals surface area (Å²) in [4.78, 5) is 31.0. The number of nitrogens with zero attached hydrogens (tertiary/aromatic N) is 2. The minimum Gasteiger partial charge on any atom is -0.433 e. The predicted octanol–water partition coefficient (Wildman–Crippen LogP) is 4.37. The molecule has 0 aliphatic carbocycles. The zero-order valence-electron chi connectivity index (χ0n) is 15.4. The molecule has 1 amide bonds. The van der Waals surface area contributed by atoms with Crippen LogP contribution >= 0.6 is 11.3 Å². The molecule has 2 aromatic heterocycles. The number of halogens is 2. The summed E-state index contributed by atoms with van der Waals surface area (Å²) in [5.74, 6) is -0.728. The molecule has 2 aromatic carbocycles. The molecule has 0 aliphatic rings. The molecule has 0 bridgehead atoms. The first kappa shape index (κ1) is 19.7. The maximum absolute atomic E-state index is 12.8. The molecule has 9 heteroatoms. The number of hydrogen-bond acceptors (Lipinski definition) is 5. The Bertz CT molecular complexity index is 1260. The van der Waals surface area contributed by atoms with E-state index in [1.807, 2.05) is 30.3 Å². The number of hydrogen-bond donors (Lipinski definition) is 1. The highest BCUT2D eigenvalue weighted by Crippen LogP contribution is 2.30. The fourth-order valence-electron chi connectivity index (χ4n) is 2.93. The molecule has 2 heterocycles. The van der Waals surface area contributed by atoms with Crippen molar-refractivity contribution in [1.29, 1.82) is 0 Å². The number of alkyl halides is 2. The number of carbonyl (C=O) groups is 1. The summed E-state index contributed by atoms with van der Waals surface area (Å²) in [5.41, 5.74) is 0.706. The maximum atomic E-state index is 12.8. The molecule has 6 nitrogen and oxygen atoms in total. The summed E-state index contributed by atoms with van der Waals surface area (Å²) in [6.07, 6.45) is 1.30. The van der Waals surface area contributed by atoms with E-state index in [0.717, 1.165) is 10.4 Å². The lowest BCUT2D eigenvalue weighted by Gasteiger charge is -2.12. The van der Waals surface area contributed by atoms with Crippen LogP contribution in [0.5, 0.6) is 5.75 Å². The standard InChI is InChI=1S/C21H15F2N3O3S/c22-21(23)29-16-9-5-4-8-15(16)25-18(27)11-26-12-24-19-14(20(26)28)10-17(30-19)13-6-2-1-3-7-13/h1-10,12,21H,11H2,(H,25,27). The second-order valence-electron chi connectivity index (χ2n) is 6.30. The smallest absolute Gasteiger partial charge is 0.387 e. The SMILES string of the molecule is O=C(Cn1cnc2sc(-c3ccccc3)cc2c1=O)Nc1ccccc1OC(F)F. The predicted molar refractivity (Wildman–Crippen MR) is 111 cm³/mol. The number of amides is 1. The number of nitrogens with one attached hydrogen (secondary N) is 1. The van der Waals surface area contributed by atoms with Gasteiger partial charge in [0.15, 0.2) is 0 Å². The van der Waals surface area contributed by atoms with Crippen LogP contribution in [-0.2, 0) is 11.3 Å². The fourth-order valence-corrected chi connectivity index (χ4v) is 3.93. The van der Waals surface area contributed by atoms with Gasteiger partial charge in [0.2, 0.25) is 5.91 Å². The van der Waals surface area contributed by atoms with E-state index >= 15 is 0 Å². The zero-order valence-corrected chi connectivity index (χ0v) is 16.2. The van der Waals surface area contributed by atoms with Crippen molar-refractivity contribution in [3.05, 3.63) is 77.3 Å². The number of benzene rings is 2. The second-order valence-corrected chi connectivity index (χ2v) is 7.33. The van der Waals surface area contributed by atoms with Crippen LogP contribution in [0.3, 0.4) is 0 Å². The van der Waals surface area contributed by atoms with E-state index in [1.54, 1.807) is 12.1 Å². The summed E-state index contributed by atoms with van der Waals surface area (Å²) in [6, 6.07) is 17.2. The van der Waals surface area contributed by atoms with Gasteiger partial charge in [0, 0.05) is 4.88 Å². The first-order valence-corrected chi connectivity index (χ1v) is 9.71. The molecule has 4 rings (SSSR count). The van der Waals surface area contributed by atoms with Crippen LogP contribution < -0.4 is 15.6 Å². The third kappa shape index (κ3) is 4.20. The van der Waals surface area contributed by atoms with Gasteiger partial charge >= 0.3 is 6.61 Å². The Kier molecular flexibility index (Phi) is 5.53. The van der Waals surface area contributed by atoms with Crippen molar-refractivity contribution >= 4 is 33.1 Å². The molecule has 0 saturated heterocycles. The van der Waals surface area contributed by atoms with Crippen molar-refractivity contribution in [2.45, 2.75) is 13.2 Å². The third-order valence-electron chi connectivity index (χ3n) is 4.27. The van der Waals surface area contributed by atoms with E-state index in [2.05, 4.69) is 15.0 Å².